The molecule has 0 bridgehead atoms. The fourth-order valence-corrected chi connectivity index (χ4v) is 3.44. The van der Waals surface area contributed by atoms with Gasteiger partial charge in [-0.15, -0.1) is 11.3 Å². The lowest BCUT2D eigenvalue weighted by Gasteiger charge is -2.27. The highest BCUT2D eigenvalue weighted by Gasteiger charge is 2.23. The third kappa shape index (κ3) is 3.65. The highest BCUT2D eigenvalue weighted by molar-refractivity contribution is 7.17. The maximum absolute atomic E-state index is 12.4. The number of hydrogen-bond acceptors (Lipinski definition) is 5. The van der Waals surface area contributed by atoms with Crippen LogP contribution in [0, 0.1) is 0 Å². The number of thiophene rings is 1. The molecule has 20 heavy (non-hydrogen) atoms. The number of aromatic nitrogens is 1. The van der Waals surface area contributed by atoms with Crippen LogP contribution in [0.1, 0.15) is 30.4 Å². The molecule has 2 rings (SSSR count). The minimum atomic E-state index is -0.896. The smallest absolute Gasteiger partial charge is 0.265 e. The van der Waals surface area contributed by atoms with Gasteiger partial charge in [-0.3, -0.25) is 4.79 Å². The van der Waals surface area contributed by atoms with Crippen molar-refractivity contribution in [2.45, 2.75) is 26.4 Å². The number of carbonyl (C=O) groups is 1. The number of aliphatic hydroxyl groups is 1. The molecular weight excluding hydrogens is 292 g/mol. The second kappa shape index (κ2) is 6.03. The molecule has 0 saturated carbocycles. The van der Waals surface area contributed by atoms with Crippen molar-refractivity contribution in [3.63, 3.8) is 0 Å². The SMILES string of the molecule is CCN(CC(C)(C)O)C(=O)c1cnc(-c2ccsc2)s1. The van der Waals surface area contributed by atoms with Gasteiger partial charge in [-0.2, -0.15) is 11.3 Å². The molecule has 0 radical (unpaired) electrons. The molecule has 0 aromatic carbocycles. The number of hydrogen-bond donors (Lipinski definition) is 1. The van der Waals surface area contributed by atoms with Gasteiger partial charge in [0.25, 0.3) is 5.91 Å². The molecule has 0 unspecified atom stereocenters. The van der Waals surface area contributed by atoms with E-state index in [1.807, 2.05) is 23.8 Å². The number of carbonyl (C=O) groups excluding carboxylic acids is 1. The van der Waals surface area contributed by atoms with Crippen molar-refractivity contribution >= 4 is 28.6 Å². The number of amides is 1. The van der Waals surface area contributed by atoms with Crippen LogP contribution >= 0.6 is 22.7 Å². The molecule has 2 heterocycles. The first-order valence-electron chi connectivity index (χ1n) is 6.41. The van der Waals surface area contributed by atoms with E-state index in [1.54, 1.807) is 36.3 Å². The Kier molecular flexibility index (Phi) is 4.57. The summed E-state index contributed by atoms with van der Waals surface area (Å²) in [6.45, 7) is 6.19. The van der Waals surface area contributed by atoms with Crippen LogP contribution in [0.15, 0.2) is 23.0 Å². The summed E-state index contributed by atoms with van der Waals surface area (Å²) in [6, 6.07) is 1.99. The highest BCUT2D eigenvalue weighted by Crippen LogP contribution is 2.27. The summed E-state index contributed by atoms with van der Waals surface area (Å²) >= 11 is 3.00. The second-order valence-electron chi connectivity index (χ2n) is 5.17. The first-order chi connectivity index (χ1) is 9.40. The minimum Gasteiger partial charge on any atom is -0.389 e. The Morgan fingerprint density at radius 1 is 1.50 bits per heavy atom. The minimum absolute atomic E-state index is 0.0754. The van der Waals surface area contributed by atoms with Crippen LogP contribution in [0.3, 0.4) is 0 Å². The average molecular weight is 310 g/mol. The topological polar surface area (TPSA) is 53.4 Å². The van der Waals surface area contributed by atoms with Crippen LogP contribution in [0.2, 0.25) is 0 Å². The van der Waals surface area contributed by atoms with Gasteiger partial charge >= 0.3 is 0 Å². The monoisotopic (exact) mass is 310 g/mol. The predicted octanol–water partition coefficient (Wildman–Crippen LogP) is 3.10. The lowest BCUT2D eigenvalue weighted by atomic mass is 10.1. The Labute approximate surface area is 126 Å². The summed E-state index contributed by atoms with van der Waals surface area (Å²) in [5.74, 6) is -0.0754. The van der Waals surface area contributed by atoms with Crippen LogP contribution in [-0.4, -0.2) is 39.6 Å². The van der Waals surface area contributed by atoms with E-state index >= 15 is 0 Å². The van der Waals surface area contributed by atoms with Gasteiger partial charge in [0.1, 0.15) is 9.88 Å². The molecule has 1 amide bonds. The molecule has 2 aromatic rings. The molecule has 0 saturated heterocycles. The van der Waals surface area contributed by atoms with Crippen molar-refractivity contribution in [1.82, 2.24) is 9.88 Å². The molecule has 1 N–H and O–H groups in total. The van der Waals surface area contributed by atoms with Gasteiger partial charge in [0, 0.05) is 24.0 Å². The largest absolute Gasteiger partial charge is 0.389 e. The molecule has 0 aliphatic rings. The molecule has 0 fully saturated rings. The Morgan fingerprint density at radius 2 is 2.25 bits per heavy atom. The van der Waals surface area contributed by atoms with Crippen LogP contribution in [0.5, 0.6) is 0 Å². The van der Waals surface area contributed by atoms with Crippen LogP contribution in [-0.2, 0) is 0 Å². The van der Waals surface area contributed by atoms with Gasteiger partial charge < -0.3 is 10.0 Å². The number of nitrogens with zero attached hydrogens (tertiary/aromatic N) is 2. The van der Waals surface area contributed by atoms with Crippen molar-refractivity contribution in [3.05, 3.63) is 27.9 Å². The summed E-state index contributed by atoms with van der Waals surface area (Å²) in [6.07, 6.45) is 1.62. The normalized spacial score (nSPS) is 11.6. The molecule has 6 heteroatoms. The van der Waals surface area contributed by atoms with Gasteiger partial charge in [0.05, 0.1) is 11.8 Å². The van der Waals surface area contributed by atoms with E-state index in [0.717, 1.165) is 10.6 Å². The van der Waals surface area contributed by atoms with Crippen molar-refractivity contribution in [2.24, 2.45) is 0 Å². The molecule has 0 atom stereocenters. The Balaban J connectivity index is 2.16. The zero-order valence-corrected chi connectivity index (χ0v) is 13.4. The molecule has 2 aromatic heterocycles. The van der Waals surface area contributed by atoms with Gasteiger partial charge in [-0.25, -0.2) is 4.98 Å². The Morgan fingerprint density at radius 3 is 2.80 bits per heavy atom. The number of thiazole rings is 1. The predicted molar refractivity (Wildman–Crippen MR) is 83.3 cm³/mol. The van der Waals surface area contributed by atoms with Gasteiger partial charge in [-0.05, 0) is 32.2 Å². The van der Waals surface area contributed by atoms with Crippen LogP contribution < -0.4 is 0 Å². The average Bonchev–Trinajstić information content (AvgIpc) is 3.03. The van der Waals surface area contributed by atoms with E-state index in [2.05, 4.69) is 4.98 Å². The van der Waals surface area contributed by atoms with Crippen LogP contribution in [0.25, 0.3) is 10.6 Å². The van der Waals surface area contributed by atoms with E-state index in [0.29, 0.717) is 18.0 Å². The third-order valence-electron chi connectivity index (χ3n) is 2.73. The van der Waals surface area contributed by atoms with Crippen LogP contribution in [0.4, 0.5) is 0 Å². The number of rotatable bonds is 5. The quantitative estimate of drug-likeness (QED) is 0.923. The van der Waals surface area contributed by atoms with Gasteiger partial charge in [-0.1, -0.05) is 0 Å². The molecule has 0 aliphatic heterocycles. The summed E-state index contributed by atoms with van der Waals surface area (Å²) < 4.78 is 0. The lowest BCUT2D eigenvalue weighted by molar-refractivity contribution is 0.0317. The van der Waals surface area contributed by atoms with E-state index in [9.17, 15) is 9.90 Å². The zero-order chi connectivity index (χ0) is 14.8. The van der Waals surface area contributed by atoms with E-state index in [4.69, 9.17) is 0 Å². The van der Waals surface area contributed by atoms with Crippen molar-refractivity contribution in [3.8, 4) is 10.6 Å². The van der Waals surface area contributed by atoms with Crippen molar-refractivity contribution in [1.29, 1.82) is 0 Å². The second-order valence-corrected chi connectivity index (χ2v) is 6.98. The molecule has 4 nitrogen and oxygen atoms in total. The summed E-state index contributed by atoms with van der Waals surface area (Å²) in [7, 11) is 0. The van der Waals surface area contributed by atoms with Gasteiger partial charge in [0.2, 0.25) is 0 Å². The molecule has 0 aliphatic carbocycles. The van der Waals surface area contributed by atoms with E-state index < -0.39 is 5.60 Å². The molecular formula is C14H18N2O2S2. The molecule has 0 spiro atoms. The van der Waals surface area contributed by atoms with E-state index in [1.165, 1.54) is 11.3 Å². The Bertz CT molecular complexity index is 570. The fourth-order valence-electron chi connectivity index (χ4n) is 1.84. The number of likely N-dealkylation sites (N-methyl/N-ethyl adjacent to an activating group) is 1. The summed E-state index contributed by atoms with van der Waals surface area (Å²) in [5.41, 5.74) is 0.150. The standard InChI is InChI=1S/C14H18N2O2S2/c1-4-16(9-14(2,3)18)13(17)11-7-15-12(20-11)10-5-6-19-8-10/h5-8,18H,4,9H2,1-3H3. The molecule has 108 valence electrons. The van der Waals surface area contributed by atoms with Crippen molar-refractivity contribution in [2.75, 3.05) is 13.1 Å². The third-order valence-corrected chi connectivity index (χ3v) is 4.45. The van der Waals surface area contributed by atoms with Crippen molar-refractivity contribution < 1.29 is 9.90 Å². The fraction of sp³-hybridized carbons (Fsp3) is 0.429. The first-order valence-corrected chi connectivity index (χ1v) is 8.16. The highest BCUT2D eigenvalue weighted by atomic mass is 32.1. The lowest BCUT2D eigenvalue weighted by Crippen LogP contribution is -2.41. The summed E-state index contributed by atoms with van der Waals surface area (Å²) in [4.78, 5) is 19.0. The van der Waals surface area contributed by atoms with E-state index in [-0.39, 0.29) is 5.91 Å². The van der Waals surface area contributed by atoms with Gasteiger partial charge in [0.15, 0.2) is 0 Å². The first kappa shape index (κ1) is 15.2. The maximum atomic E-state index is 12.4. The maximum Gasteiger partial charge on any atom is 0.265 e. The summed E-state index contributed by atoms with van der Waals surface area (Å²) in [5, 5.41) is 14.7. The Hall–Kier alpha value is -1.24. The zero-order valence-electron chi connectivity index (χ0n) is 11.8.